The van der Waals surface area contributed by atoms with Crippen LogP contribution < -0.4 is 5.32 Å². The minimum Gasteiger partial charge on any atom is -0.335 e. The van der Waals surface area contributed by atoms with Crippen LogP contribution in [0.3, 0.4) is 0 Å². The van der Waals surface area contributed by atoms with Crippen LogP contribution in [-0.4, -0.2) is 31.2 Å². The lowest BCUT2D eigenvalue weighted by Gasteiger charge is -2.06. The number of aromatic nitrogens is 5. The molecule has 118 valence electrons. The third kappa shape index (κ3) is 2.39. The number of nitrogens with zero attached hydrogens (tertiary/aromatic N) is 4. The quantitative estimate of drug-likeness (QED) is 0.600. The van der Waals surface area contributed by atoms with Gasteiger partial charge in [-0.1, -0.05) is 35.5 Å². The van der Waals surface area contributed by atoms with Crippen LogP contribution in [0.5, 0.6) is 0 Å². The minimum absolute atomic E-state index is 0.264. The van der Waals surface area contributed by atoms with Crippen LogP contribution in [0, 0.1) is 6.92 Å². The molecule has 0 unspecified atom stereocenters. The van der Waals surface area contributed by atoms with E-state index in [4.69, 9.17) is 4.52 Å². The third-order valence-electron chi connectivity index (χ3n) is 3.58. The first kappa shape index (κ1) is 14.1. The van der Waals surface area contributed by atoms with E-state index in [9.17, 15) is 4.79 Å². The number of carbonyl (C=O) groups excluding carboxylic acids is 1. The van der Waals surface area contributed by atoms with Crippen LogP contribution in [0.4, 0.5) is 5.95 Å². The van der Waals surface area contributed by atoms with Crippen molar-refractivity contribution in [2.45, 2.75) is 6.92 Å². The van der Waals surface area contributed by atoms with E-state index in [2.05, 4.69) is 30.6 Å². The normalized spacial score (nSPS) is 10.9. The lowest BCUT2D eigenvalue weighted by Crippen LogP contribution is -2.14. The Bertz CT molecular complexity index is 1010. The lowest BCUT2D eigenvalue weighted by atomic mass is 10.1. The smallest absolute Gasteiger partial charge is 0.259 e. The van der Waals surface area contributed by atoms with E-state index < -0.39 is 0 Å². The van der Waals surface area contributed by atoms with Crippen LogP contribution in [0.1, 0.15) is 16.1 Å². The maximum Gasteiger partial charge on any atom is 0.259 e. The monoisotopic (exact) mass is 320 g/mol. The Hall–Kier alpha value is -3.55. The highest BCUT2D eigenvalue weighted by molar-refractivity contribution is 6.12. The SMILES string of the molecule is Cc1noc2nc(-c3ccccc3)cc(C(=O)Nc3ncn[nH]3)c12. The fraction of sp³-hybridized carbons (Fsp3) is 0.0625. The summed E-state index contributed by atoms with van der Waals surface area (Å²) in [6, 6.07) is 11.3. The van der Waals surface area contributed by atoms with Crippen LogP contribution in [0.25, 0.3) is 22.4 Å². The second-order valence-electron chi connectivity index (χ2n) is 5.16. The van der Waals surface area contributed by atoms with Crippen molar-refractivity contribution in [2.75, 3.05) is 5.32 Å². The van der Waals surface area contributed by atoms with E-state index in [1.54, 1.807) is 13.0 Å². The number of aryl methyl sites for hydroxylation is 1. The summed E-state index contributed by atoms with van der Waals surface area (Å²) in [5, 5.41) is 13.5. The highest BCUT2D eigenvalue weighted by Crippen LogP contribution is 2.27. The Morgan fingerprint density at radius 2 is 2.08 bits per heavy atom. The van der Waals surface area contributed by atoms with Crippen molar-refractivity contribution in [1.29, 1.82) is 0 Å². The van der Waals surface area contributed by atoms with E-state index >= 15 is 0 Å². The zero-order valence-corrected chi connectivity index (χ0v) is 12.6. The number of hydrogen-bond acceptors (Lipinski definition) is 6. The molecule has 1 amide bonds. The molecular weight excluding hydrogens is 308 g/mol. The number of carbonyl (C=O) groups is 1. The summed E-state index contributed by atoms with van der Waals surface area (Å²) < 4.78 is 5.26. The van der Waals surface area contributed by atoms with Gasteiger partial charge in [0.1, 0.15) is 6.33 Å². The van der Waals surface area contributed by atoms with Crippen molar-refractivity contribution in [3.05, 3.63) is 54.0 Å². The van der Waals surface area contributed by atoms with Gasteiger partial charge < -0.3 is 4.52 Å². The zero-order chi connectivity index (χ0) is 16.5. The first-order valence-electron chi connectivity index (χ1n) is 7.21. The summed E-state index contributed by atoms with van der Waals surface area (Å²) in [6.07, 6.45) is 1.32. The lowest BCUT2D eigenvalue weighted by molar-refractivity contribution is 0.102. The number of benzene rings is 1. The summed E-state index contributed by atoms with van der Waals surface area (Å²) in [6.45, 7) is 1.76. The standard InChI is InChI=1S/C16H12N6O2/c1-9-13-11(14(23)20-16-17-8-18-21-16)7-12(19-15(13)24-22-9)10-5-3-2-4-6-10/h2-8H,1H3,(H2,17,18,20,21,23). The molecule has 0 spiro atoms. The number of nitrogens with one attached hydrogen (secondary N) is 2. The zero-order valence-electron chi connectivity index (χ0n) is 12.6. The van der Waals surface area contributed by atoms with E-state index in [1.807, 2.05) is 30.3 Å². The highest BCUT2D eigenvalue weighted by atomic mass is 16.5. The second-order valence-corrected chi connectivity index (χ2v) is 5.16. The Morgan fingerprint density at radius 1 is 1.25 bits per heavy atom. The van der Waals surface area contributed by atoms with Gasteiger partial charge in [0.25, 0.3) is 11.6 Å². The molecule has 2 N–H and O–H groups in total. The average molecular weight is 320 g/mol. The number of fused-ring (bicyclic) bond motifs is 1. The Labute approximate surface area is 135 Å². The molecule has 3 heterocycles. The molecule has 8 nitrogen and oxygen atoms in total. The van der Waals surface area contributed by atoms with Gasteiger partial charge >= 0.3 is 0 Å². The molecule has 4 aromatic rings. The van der Waals surface area contributed by atoms with Gasteiger partial charge in [-0.25, -0.2) is 10.1 Å². The van der Waals surface area contributed by atoms with Crippen LogP contribution >= 0.6 is 0 Å². The van der Waals surface area contributed by atoms with E-state index in [-0.39, 0.29) is 11.9 Å². The number of hydrogen-bond donors (Lipinski definition) is 2. The molecule has 0 atom stereocenters. The van der Waals surface area contributed by atoms with Crippen LogP contribution in [-0.2, 0) is 0 Å². The maximum atomic E-state index is 12.7. The summed E-state index contributed by atoms with van der Waals surface area (Å²) in [4.78, 5) is 21.0. The van der Waals surface area contributed by atoms with Crippen molar-refractivity contribution in [2.24, 2.45) is 0 Å². The van der Waals surface area contributed by atoms with Gasteiger partial charge in [-0.2, -0.15) is 10.1 Å². The van der Waals surface area contributed by atoms with Gasteiger partial charge in [0.05, 0.1) is 22.3 Å². The van der Waals surface area contributed by atoms with Gasteiger partial charge in [0.2, 0.25) is 5.95 Å². The summed E-state index contributed by atoms with van der Waals surface area (Å²) >= 11 is 0. The fourth-order valence-corrected chi connectivity index (χ4v) is 2.47. The van der Waals surface area contributed by atoms with E-state index in [0.29, 0.717) is 28.1 Å². The molecule has 1 aromatic carbocycles. The van der Waals surface area contributed by atoms with Gasteiger partial charge in [0.15, 0.2) is 0 Å². The first-order chi connectivity index (χ1) is 11.7. The number of aromatic amines is 1. The Kier molecular flexibility index (Phi) is 3.27. The van der Waals surface area contributed by atoms with Gasteiger partial charge in [-0.15, -0.1) is 0 Å². The molecule has 0 saturated heterocycles. The van der Waals surface area contributed by atoms with Crippen LogP contribution in [0.15, 0.2) is 47.2 Å². The number of anilines is 1. The second kappa shape index (κ2) is 5.58. The Balaban J connectivity index is 1.86. The average Bonchev–Trinajstić information content (AvgIpc) is 3.25. The molecular formula is C16H12N6O2. The number of pyridine rings is 1. The Morgan fingerprint density at radius 3 is 2.83 bits per heavy atom. The molecule has 4 rings (SSSR count). The molecule has 0 aliphatic heterocycles. The molecule has 0 aliphatic carbocycles. The van der Waals surface area contributed by atoms with Crippen molar-refractivity contribution >= 4 is 23.0 Å². The largest absolute Gasteiger partial charge is 0.335 e. The molecule has 3 aromatic heterocycles. The molecule has 0 radical (unpaired) electrons. The third-order valence-corrected chi connectivity index (χ3v) is 3.58. The summed E-state index contributed by atoms with van der Waals surface area (Å²) in [7, 11) is 0. The summed E-state index contributed by atoms with van der Waals surface area (Å²) in [5.41, 5.74) is 2.83. The highest BCUT2D eigenvalue weighted by Gasteiger charge is 2.20. The van der Waals surface area contributed by atoms with Crippen molar-refractivity contribution in [3.8, 4) is 11.3 Å². The fourth-order valence-electron chi connectivity index (χ4n) is 2.47. The predicted octanol–water partition coefficient (Wildman–Crippen LogP) is 2.57. The van der Waals surface area contributed by atoms with Gasteiger partial charge in [-0.05, 0) is 13.0 Å². The first-order valence-corrected chi connectivity index (χ1v) is 7.21. The molecule has 0 fully saturated rings. The number of H-pyrrole nitrogens is 1. The maximum absolute atomic E-state index is 12.7. The molecule has 24 heavy (non-hydrogen) atoms. The van der Waals surface area contributed by atoms with Crippen LogP contribution in [0.2, 0.25) is 0 Å². The summed E-state index contributed by atoms with van der Waals surface area (Å²) in [5.74, 6) is -0.0806. The minimum atomic E-state index is -0.345. The van der Waals surface area contributed by atoms with Gasteiger partial charge in [0, 0.05) is 5.56 Å². The van der Waals surface area contributed by atoms with Crippen molar-refractivity contribution < 1.29 is 9.32 Å². The van der Waals surface area contributed by atoms with Crippen molar-refractivity contribution in [3.63, 3.8) is 0 Å². The predicted molar refractivity (Wildman–Crippen MR) is 86.3 cm³/mol. The topological polar surface area (TPSA) is 110 Å². The van der Waals surface area contributed by atoms with Crippen molar-refractivity contribution in [1.82, 2.24) is 25.3 Å². The van der Waals surface area contributed by atoms with Gasteiger partial charge in [-0.3, -0.25) is 10.1 Å². The molecule has 0 saturated carbocycles. The number of rotatable bonds is 3. The molecule has 0 bridgehead atoms. The van der Waals surface area contributed by atoms with E-state index in [0.717, 1.165) is 5.56 Å². The number of amides is 1. The molecule has 8 heteroatoms. The van der Waals surface area contributed by atoms with E-state index in [1.165, 1.54) is 6.33 Å². The molecule has 0 aliphatic rings.